The van der Waals surface area contributed by atoms with Crippen molar-refractivity contribution in [2.24, 2.45) is 0 Å². The zero-order valence-electron chi connectivity index (χ0n) is 10.5. The maximum absolute atomic E-state index is 13.5. The first-order valence-corrected chi connectivity index (χ1v) is 6.43. The minimum absolute atomic E-state index is 0.296. The van der Waals surface area contributed by atoms with Crippen molar-refractivity contribution in [2.45, 2.75) is 6.04 Å². The number of nitrogens with zero attached hydrogens (tertiary/aromatic N) is 2. The highest BCUT2D eigenvalue weighted by molar-refractivity contribution is 9.10. The van der Waals surface area contributed by atoms with Crippen LogP contribution in [0.3, 0.4) is 0 Å². The monoisotopic (exact) mass is 325 g/mol. The van der Waals surface area contributed by atoms with Crippen LogP contribution in [0.5, 0.6) is 5.88 Å². The fourth-order valence-electron chi connectivity index (χ4n) is 1.89. The van der Waals surface area contributed by atoms with Gasteiger partial charge in [-0.2, -0.15) is 0 Å². The fourth-order valence-corrected chi connectivity index (χ4v) is 2.38. The number of hydrogen-bond donors (Lipinski definition) is 1. The van der Waals surface area contributed by atoms with Crippen LogP contribution in [0.15, 0.2) is 35.1 Å². The SMILES string of the molecule is CNC(c1cc(F)cc(Br)c1)c1nccnc1OC. The van der Waals surface area contributed by atoms with E-state index in [1.165, 1.54) is 19.2 Å². The largest absolute Gasteiger partial charge is 0.480 e. The van der Waals surface area contributed by atoms with Crippen LogP contribution in [0.4, 0.5) is 4.39 Å². The summed E-state index contributed by atoms with van der Waals surface area (Å²) >= 11 is 3.28. The second kappa shape index (κ2) is 6.08. The Balaban J connectivity index is 2.49. The van der Waals surface area contributed by atoms with Gasteiger partial charge in [-0.15, -0.1) is 0 Å². The molecule has 0 fully saturated rings. The molecule has 1 N–H and O–H groups in total. The molecule has 6 heteroatoms. The Morgan fingerprint density at radius 2 is 2.00 bits per heavy atom. The van der Waals surface area contributed by atoms with Crippen LogP contribution in [0, 0.1) is 5.82 Å². The fraction of sp³-hybridized carbons (Fsp3) is 0.231. The van der Waals surface area contributed by atoms with E-state index in [4.69, 9.17) is 4.74 Å². The second-order valence-corrected chi connectivity index (χ2v) is 4.79. The van der Waals surface area contributed by atoms with Crippen LogP contribution >= 0.6 is 15.9 Å². The molecule has 0 aliphatic carbocycles. The number of nitrogens with one attached hydrogen (secondary N) is 1. The molecule has 0 saturated heterocycles. The minimum Gasteiger partial charge on any atom is -0.480 e. The lowest BCUT2D eigenvalue weighted by molar-refractivity contribution is 0.384. The number of rotatable bonds is 4. The topological polar surface area (TPSA) is 47.0 Å². The van der Waals surface area contributed by atoms with E-state index in [1.54, 1.807) is 19.4 Å². The van der Waals surface area contributed by atoms with Gasteiger partial charge in [0.25, 0.3) is 0 Å². The Bertz CT molecular complexity index is 559. The molecule has 0 bridgehead atoms. The summed E-state index contributed by atoms with van der Waals surface area (Å²) in [4.78, 5) is 8.37. The average Bonchev–Trinajstić information content (AvgIpc) is 2.39. The summed E-state index contributed by atoms with van der Waals surface area (Å²) in [5.41, 5.74) is 1.36. The summed E-state index contributed by atoms with van der Waals surface area (Å²) in [6.45, 7) is 0. The smallest absolute Gasteiger partial charge is 0.237 e. The van der Waals surface area contributed by atoms with E-state index in [0.717, 1.165) is 5.56 Å². The number of ether oxygens (including phenoxy) is 1. The first-order valence-electron chi connectivity index (χ1n) is 5.64. The van der Waals surface area contributed by atoms with Crippen molar-refractivity contribution in [3.63, 3.8) is 0 Å². The number of benzene rings is 1. The Labute approximate surface area is 119 Å². The summed E-state index contributed by atoms with van der Waals surface area (Å²) in [6.07, 6.45) is 3.13. The molecule has 1 heterocycles. The number of aromatic nitrogens is 2. The molecule has 1 unspecified atom stereocenters. The van der Waals surface area contributed by atoms with Crippen molar-refractivity contribution in [3.8, 4) is 5.88 Å². The van der Waals surface area contributed by atoms with Gasteiger partial charge >= 0.3 is 0 Å². The predicted octanol–water partition coefficient (Wildman–Crippen LogP) is 2.70. The van der Waals surface area contributed by atoms with Crippen LogP contribution in [0.25, 0.3) is 0 Å². The lowest BCUT2D eigenvalue weighted by Gasteiger charge is -2.18. The molecular formula is C13H13BrFN3O. The third-order valence-electron chi connectivity index (χ3n) is 2.66. The molecule has 0 radical (unpaired) electrons. The normalized spacial score (nSPS) is 12.2. The Morgan fingerprint density at radius 3 is 2.63 bits per heavy atom. The number of methoxy groups -OCH3 is 1. The quantitative estimate of drug-likeness (QED) is 0.938. The number of halogens is 2. The molecule has 19 heavy (non-hydrogen) atoms. The van der Waals surface area contributed by atoms with E-state index in [1.807, 2.05) is 6.07 Å². The summed E-state index contributed by atoms with van der Waals surface area (Å²) in [7, 11) is 3.30. The van der Waals surface area contributed by atoms with Gasteiger partial charge in [0.1, 0.15) is 11.5 Å². The van der Waals surface area contributed by atoms with Crippen molar-refractivity contribution in [1.29, 1.82) is 0 Å². The zero-order valence-corrected chi connectivity index (χ0v) is 12.1. The standard InChI is InChI=1S/C13H13BrFN3O/c1-16-11(8-5-9(14)7-10(15)6-8)12-13(19-2)18-4-3-17-12/h3-7,11,16H,1-2H3. The van der Waals surface area contributed by atoms with Gasteiger partial charge in [0, 0.05) is 16.9 Å². The van der Waals surface area contributed by atoms with E-state index in [9.17, 15) is 4.39 Å². The minimum atomic E-state index is -0.313. The summed E-state index contributed by atoms with van der Waals surface area (Å²) in [6, 6.07) is 4.40. The van der Waals surface area contributed by atoms with Gasteiger partial charge in [-0.25, -0.2) is 9.37 Å². The van der Waals surface area contributed by atoms with Crippen LogP contribution < -0.4 is 10.1 Å². The molecule has 0 saturated carbocycles. The molecule has 100 valence electrons. The highest BCUT2D eigenvalue weighted by atomic mass is 79.9. The van der Waals surface area contributed by atoms with E-state index >= 15 is 0 Å². The molecule has 1 aromatic heterocycles. The van der Waals surface area contributed by atoms with Gasteiger partial charge in [0.05, 0.1) is 13.2 Å². The van der Waals surface area contributed by atoms with Crippen molar-refractivity contribution in [2.75, 3.05) is 14.2 Å². The Kier molecular flexibility index (Phi) is 4.44. The van der Waals surface area contributed by atoms with E-state index in [0.29, 0.717) is 16.0 Å². The van der Waals surface area contributed by atoms with Crippen LogP contribution in [-0.4, -0.2) is 24.1 Å². The van der Waals surface area contributed by atoms with Crippen LogP contribution in [0.1, 0.15) is 17.3 Å². The van der Waals surface area contributed by atoms with Crippen molar-refractivity contribution in [3.05, 3.63) is 52.1 Å². The third kappa shape index (κ3) is 3.08. The maximum Gasteiger partial charge on any atom is 0.237 e. The Morgan fingerprint density at radius 1 is 1.26 bits per heavy atom. The van der Waals surface area contributed by atoms with Gasteiger partial charge in [-0.1, -0.05) is 15.9 Å². The van der Waals surface area contributed by atoms with Crippen LogP contribution in [0.2, 0.25) is 0 Å². The van der Waals surface area contributed by atoms with E-state index in [-0.39, 0.29) is 11.9 Å². The van der Waals surface area contributed by atoms with Gasteiger partial charge in [0.15, 0.2) is 0 Å². The summed E-state index contributed by atoms with van der Waals surface area (Å²) in [5, 5.41) is 3.09. The van der Waals surface area contributed by atoms with Crippen molar-refractivity contribution in [1.82, 2.24) is 15.3 Å². The van der Waals surface area contributed by atoms with E-state index in [2.05, 4.69) is 31.2 Å². The maximum atomic E-state index is 13.5. The van der Waals surface area contributed by atoms with Gasteiger partial charge < -0.3 is 10.1 Å². The van der Waals surface area contributed by atoms with Crippen LogP contribution in [-0.2, 0) is 0 Å². The summed E-state index contributed by atoms with van der Waals surface area (Å²) in [5.74, 6) is 0.106. The molecular weight excluding hydrogens is 313 g/mol. The van der Waals surface area contributed by atoms with Gasteiger partial charge in [-0.05, 0) is 30.8 Å². The summed E-state index contributed by atoms with van der Waals surface area (Å²) < 4.78 is 19.4. The Hall–Kier alpha value is -1.53. The highest BCUT2D eigenvalue weighted by Crippen LogP contribution is 2.28. The molecule has 1 atom stereocenters. The first kappa shape index (κ1) is 13.9. The molecule has 0 spiro atoms. The van der Waals surface area contributed by atoms with Gasteiger partial charge in [0.2, 0.25) is 5.88 Å². The van der Waals surface area contributed by atoms with Gasteiger partial charge in [-0.3, -0.25) is 4.98 Å². The zero-order chi connectivity index (χ0) is 13.8. The van der Waals surface area contributed by atoms with Crippen molar-refractivity contribution < 1.29 is 9.13 Å². The van der Waals surface area contributed by atoms with Crippen molar-refractivity contribution >= 4 is 15.9 Å². The number of hydrogen-bond acceptors (Lipinski definition) is 4. The first-order chi connectivity index (χ1) is 9.15. The molecule has 4 nitrogen and oxygen atoms in total. The molecule has 1 aromatic carbocycles. The third-order valence-corrected chi connectivity index (χ3v) is 3.12. The molecule has 2 aromatic rings. The predicted molar refractivity (Wildman–Crippen MR) is 73.6 cm³/mol. The molecule has 2 rings (SSSR count). The van der Waals surface area contributed by atoms with E-state index < -0.39 is 0 Å². The molecule has 0 amide bonds. The average molecular weight is 326 g/mol. The lowest BCUT2D eigenvalue weighted by atomic mass is 10.0. The lowest BCUT2D eigenvalue weighted by Crippen LogP contribution is -2.20. The highest BCUT2D eigenvalue weighted by Gasteiger charge is 2.19. The second-order valence-electron chi connectivity index (χ2n) is 3.88. The molecule has 0 aliphatic rings. The molecule has 0 aliphatic heterocycles.